The molecule has 3 nitrogen and oxygen atoms in total. The number of nitrogens with zero attached hydrogens (tertiary/aromatic N) is 1. The number of rotatable bonds is 7. The smallest absolute Gasteiger partial charge is 0.237 e. The third kappa shape index (κ3) is 5.34. The molecule has 29 heavy (non-hydrogen) atoms. The van der Waals surface area contributed by atoms with Gasteiger partial charge in [-0.2, -0.15) is 0 Å². The van der Waals surface area contributed by atoms with Crippen molar-refractivity contribution in [3.63, 3.8) is 0 Å². The Morgan fingerprint density at radius 2 is 1.79 bits per heavy atom. The number of thiophene rings is 1. The van der Waals surface area contributed by atoms with Crippen molar-refractivity contribution in [1.29, 1.82) is 0 Å². The zero-order valence-electron chi connectivity index (χ0n) is 16.7. The van der Waals surface area contributed by atoms with E-state index in [1.54, 1.807) is 11.3 Å². The maximum absolute atomic E-state index is 12.8. The molecule has 1 amide bonds. The van der Waals surface area contributed by atoms with Crippen LogP contribution in [0.2, 0.25) is 0 Å². The first kappa shape index (κ1) is 19.9. The number of benzene rings is 2. The lowest BCUT2D eigenvalue weighted by Crippen LogP contribution is -2.49. The van der Waals surface area contributed by atoms with Gasteiger partial charge in [0, 0.05) is 18.0 Å². The molecule has 1 saturated heterocycles. The second-order valence-corrected chi connectivity index (χ2v) is 8.63. The first-order valence-corrected chi connectivity index (χ1v) is 11.4. The van der Waals surface area contributed by atoms with E-state index in [9.17, 15) is 4.79 Å². The average molecular weight is 405 g/mol. The van der Waals surface area contributed by atoms with Gasteiger partial charge in [-0.3, -0.25) is 9.69 Å². The Morgan fingerprint density at radius 1 is 0.966 bits per heavy atom. The number of carbonyl (C=O) groups is 1. The second-order valence-electron chi connectivity index (χ2n) is 7.68. The molecule has 1 fully saturated rings. The van der Waals surface area contributed by atoms with Crippen molar-refractivity contribution in [2.75, 3.05) is 13.1 Å². The normalized spacial score (nSPS) is 17.2. The highest BCUT2D eigenvalue weighted by Gasteiger charge is 2.28. The van der Waals surface area contributed by atoms with Gasteiger partial charge in [-0.1, -0.05) is 67.1 Å². The van der Waals surface area contributed by atoms with Crippen LogP contribution >= 0.6 is 11.3 Å². The average Bonchev–Trinajstić information content (AvgIpc) is 3.30. The minimum absolute atomic E-state index is 0.0171. The van der Waals surface area contributed by atoms with Crippen LogP contribution in [-0.4, -0.2) is 29.9 Å². The zero-order valence-corrected chi connectivity index (χ0v) is 17.5. The maximum Gasteiger partial charge on any atom is 0.237 e. The summed E-state index contributed by atoms with van der Waals surface area (Å²) in [6, 6.07) is 23.3. The summed E-state index contributed by atoms with van der Waals surface area (Å²) in [5.41, 5.74) is 3.80. The van der Waals surface area contributed by atoms with Gasteiger partial charge in [-0.05, 0) is 53.9 Å². The van der Waals surface area contributed by atoms with Crippen molar-refractivity contribution in [3.05, 3.63) is 83.2 Å². The first-order chi connectivity index (χ1) is 14.3. The van der Waals surface area contributed by atoms with Crippen LogP contribution in [0.1, 0.15) is 30.4 Å². The van der Waals surface area contributed by atoms with Crippen LogP contribution in [0.3, 0.4) is 0 Å². The van der Waals surface area contributed by atoms with Gasteiger partial charge in [0.2, 0.25) is 5.91 Å². The van der Waals surface area contributed by atoms with Crippen LogP contribution in [0.4, 0.5) is 0 Å². The summed E-state index contributed by atoms with van der Waals surface area (Å²) >= 11 is 1.76. The number of carbonyl (C=O) groups excluding carboxylic acids is 1. The summed E-state index contributed by atoms with van der Waals surface area (Å²) in [5.74, 6) is 0.177. The highest BCUT2D eigenvalue weighted by molar-refractivity contribution is 7.13. The Labute approximate surface area is 177 Å². The van der Waals surface area contributed by atoms with Crippen molar-refractivity contribution in [2.45, 2.75) is 38.3 Å². The Bertz CT molecular complexity index is 890. The van der Waals surface area contributed by atoms with Crippen LogP contribution in [0.25, 0.3) is 10.4 Å². The SMILES string of the molecule is O=C(NCCc1ccccc1)C1CCCCN1Cc1ccc(-c2cccs2)cc1. The molecule has 150 valence electrons. The molecule has 2 heterocycles. The molecule has 0 radical (unpaired) electrons. The lowest BCUT2D eigenvalue weighted by atomic mass is 10.00. The molecular formula is C25H28N2OS. The molecule has 1 aliphatic rings. The van der Waals surface area contributed by atoms with Crippen molar-refractivity contribution >= 4 is 17.2 Å². The molecule has 3 aromatic rings. The fourth-order valence-electron chi connectivity index (χ4n) is 4.02. The van der Waals surface area contributed by atoms with Crippen molar-refractivity contribution < 1.29 is 4.79 Å². The van der Waals surface area contributed by atoms with E-state index in [0.29, 0.717) is 6.54 Å². The minimum Gasteiger partial charge on any atom is -0.354 e. The third-order valence-corrected chi connectivity index (χ3v) is 6.54. The van der Waals surface area contributed by atoms with Gasteiger partial charge in [-0.25, -0.2) is 0 Å². The van der Waals surface area contributed by atoms with Gasteiger partial charge >= 0.3 is 0 Å². The van der Waals surface area contributed by atoms with Crippen LogP contribution in [0.5, 0.6) is 0 Å². The number of piperidine rings is 1. The van der Waals surface area contributed by atoms with Crippen LogP contribution in [0.15, 0.2) is 72.1 Å². The fraction of sp³-hybridized carbons (Fsp3) is 0.320. The molecule has 1 N–H and O–H groups in total. The van der Waals surface area contributed by atoms with Gasteiger partial charge in [0.1, 0.15) is 0 Å². The monoisotopic (exact) mass is 404 g/mol. The predicted octanol–water partition coefficient (Wildman–Crippen LogP) is 5.13. The molecule has 0 bridgehead atoms. The fourth-order valence-corrected chi connectivity index (χ4v) is 4.75. The van der Waals surface area contributed by atoms with E-state index < -0.39 is 0 Å². The number of hydrogen-bond acceptors (Lipinski definition) is 3. The van der Waals surface area contributed by atoms with Crippen LogP contribution < -0.4 is 5.32 Å². The first-order valence-electron chi connectivity index (χ1n) is 10.5. The van der Waals surface area contributed by atoms with E-state index in [2.05, 4.69) is 64.1 Å². The van der Waals surface area contributed by atoms with E-state index in [1.165, 1.54) is 28.0 Å². The summed E-state index contributed by atoms with van der Waals surface area (Å²) in [7, 11) is 0. The van der Waals surface area contributed by atoms with Crippen LogP contribution in [-0.2, 0) is 17.8 Å². The van der Waals surface area contributed by atoms with E-state index in [1.807, 2.05) is 18.2 Å². The molecule has 4 rings (SSSR count). The molecule has 2 aromatic carbocycles. The summed E-state index contributed by atoms with van der Waals surface area (Å²) in [6.07, 6.45) is 4.12. The number of likely N-dealkylation sites (tertiary alicyclic amines) is 1. The summed E-state index contributed by atoms with van der Waals surface area (Å²) in [6.45, 7) is 2.52. The van der Waals surface area contributed by atoms with Gasteiger partial charge in [0.05, 0.1) is 6.04 Å². The summed E-state index contributed by atoms with van der Waals surface area (Å²) in [5, 5.41) is 5.27. The largest absolute Gasteiger partial charge is 0.354 e. The molecule has 0 saturated carbocycles. The standard InChI is InChI=1S/C25H28N2OS/c28-25(26-16-15-20-7-2-1-3-8-20)23-9-4-5-17-27(23)19-21-11-13-22(14-12-21)24-10-6-18-29-24/h1-3,6-8,10-14,18,23H,4-5,9,15-17,19H2,(H,26,28). The molecule has 1 unspecified atom stereocenters. The highest BCUT2D eigenvalue weighted by atomic mass is 32.1. The molecule has 1 aromatic heterocycles. The van der Waals surface area contributed by atoms with Gasteiger partial charge in [-0.15, -0.1) is 11.3 Å². The molecule has 4 heteroatoms. The van der Waals surface area contributed by atoms with Crippen molar-refractivity contribution in [1.82, 2.24) is 10.2 Å². The molecule has 0 spiro atoms. The number of hydrogen-bond donors (Lipinski definition) is 1. The number of amides is 1. The summed E-state index contributed by atoms with van der Waals surface area (Å²) < 4.78 is 0. The van der Waals surface area contributed by atoms with Gasteiger partial charge < -0.3 is 5.32 Å². The highest BCUT2D eigenvalue weighted by Crippen LogP contribution is 2.26. The van der Waals surface area contributed by atoms with Gasteiger partial charge in [0.25, 0.3) is 0 Å². The maximum atomic E-state index is 12.8. The quantitative estimate of drug-likeness (QED) is 0.592. The predicted molar refractivity (Wildman–Crippen MR) is 121 cm³/mol. The van der Waals surface area contributed by atoms with Crippen molar-refractivity contribution in [3.8, 4) is 10.4 Å². The zero-order chi connectivity index (χ0) is 19.9. The van der Waals surface area contributed by atoms with Crippen molar-refractivity contribution in [2.24, 2.45) is 0 Å². The van der Waals surface area contributed by atoms with Crippen LogP contribution in [0, 0.1) is 0 Å². The Hall–Kier alpha value is -2.43. The van der Waals surface area contributed by atoms with Gasteiger partial charge in [0.15, 0.2) is 0 Å². The summed E-state index contributed by atoms with van der Waals surface area (Å²) in [4.78, 5) is 16.5. The lowest BCUT2D eigenvalue weighted by molar-refractivity contribution is -0.127. The lowest BCUT2D eigenvalue weighted by Gasteiger charge is -2.34. The topological polar surface area (TPSA) is 32.3 Å². The van der Waals surface area contributed by atoms with E-state index in [-0.39, 0.29) is 11.9 Å². The number of nitrogens with one attached hydrogen (secondary N) is 1. The Kier molecular flexibility index (Phi) is 6.75. The Morgan fingerprint density at radius 3 is 2.55 bits per heavy atom. The third-order valence-electron chi connectivity index (χ3n) is 5.62. The van der Waals surface area contributed by atoms with E-state index >= 15 is 0 Å². The molecular weight excluding hydrogens is 376 g/mol. The second kappa shape index (κ2) is 9.86. The molecule has 1 atom stereocenters. The van der Waals surface area contributed by atoms with E-state index in [4.69, 9.17) is 0 Å². The molecule has 0 aliphatic carbocycles. The van der Waals surface area contributed by atoms with E-state index in [0.717, 1.165) is 32.4 Å². The Balaban J connectivity index is 1.33. The minimum atomic E-state index is -0.0171. The molecule has 1 aliphatic heterocycles.